The summed E-state index contributed by atoms with van der Waals surface area (Å²) >= 11 is 0. The van der Waals surface area contributed by atoms with Crippen molar-refractivity contribution in [3.63, 3.8) is 0 Å². The van der Waals surface area contributed by atoms with Crippen molar-refractivity contribution in [2.24, 2.45) is 0 Å². The van der Waals surface area contributed by atoms with Gasteiger partial charge in [0, 0.05) is 0 Å². The van der Waals surface area contributed by atoms with Gasteiger partial charge in [-0.25, -0.2) is 0 Å². The van der Waals surface area contributed by atoms with Crippen LogP contribution in [0.3, 0.4) is 0 Å². The minimum absolute atomic E-state index is 0.425. The molecule has 23 heavy (non-hydrogen) atoms. The van der Waals surface area contributed by atoms with Crippen LogP contribution in [0, 0.1) is 13.8 Å². The van der Waals surface area contributed by atoms with Gasteiger partial charge in [0.05, 0.1) is 0 Å². The van der Waals surface area contributed by atoms with Crippen LogP contribution in [0.5, 0.6) is 0 Å². The molecule has 0 aliphatic heterocycles. The average molecular weight is 300 g/mol. The van der Waals surface area contributed by atoms with Crippen LogP contribution in [0.25, 0.3) is 16.7 Å². The molecule has 3 aliphatic carbocycles. The molecule has 2 aromatic rings. The molecule has 0 saturated heterocycles. The first-order chi connectivity index (χ1) is 11.2. The molecule has 3 aliphatic rings. The number of fused-ring (bicyclic) bond motifs is 4. The van der Waals surface area contributed by atoms with Crippen LogP contribution < -0.4 is 0 Å². The smallest absolute Gasteiger partial charge is 0.000322 e. The lowest BCUT2D eigenvalue weighted by atomic mass is 9.62. The van der Waals surface area contributed by atoms with Gasteiger partial charge in [-0.05, 0) is 77.5 Å². The molecule has 0 nitrogen and oxygen atoms in total. The van der Waals surface area contributed by atoms with Crippen LogP contribution in [-0.4, -0.2) is 0 Å². The van der Waals surface area contributed by atoms with Crippen LogP contribution in [0.15, 0.2) is 36.4 Å². The predicted molar refractivity (Wildman–Crippen MR) is 97.8 cm³/mol. The fourth-order valence-corrected chi connectivity index (χ4v) is 5.44. The van der Waals surface area contributed by atoms with Gasteiger partial charge in [-0.15, -0.1) is 0 Å². The summed E-state index contributed by atoms with van der Waals surface area (Å²) in [5.41, 5.74) is 12.5. The average Bonchev–Trinajstić information content (AvgIpc) is 2.87. The van der Waals surface area contributed by atoms with Crippen molar-refractivity contribution in [1.29, 1.82) is 0 Å². The second-order valence-corrected chi connectivity index (χ2v) is 7.89. The van der Waals surface area contributed by atoms with Crippen molar-refractivity contribution in [3.05, 3.63) is 64.2 Å². The van der Waals surface area contributed by atoms with Gasteiger partial charge in [-0.3, -0.25) is 0 Å². The lowest BCUT2D eigenvalue weighted by Crippen LogP contribution is -2.32. The van der Waals surface area contributed by atoms with E-state index in [2.05, 4.69) is 50.3 Å². The van der Waals surface area contributed by atoms with Crippen molar-refractivity contribution < 1.29 is 0 Å². The fraction of sp³-hybridized carbons (Fsp3) is 0.391. The zero-order chi connectivity index (χ0) is 15.6. The lowest BCUT2D eigenvalue weighted by molar-refractivity contribution is 0.291. The zero-order valence-electron chi connectivity index (χ0n) is 14.2. The predicted octanol–water partition coefficient (Wildman–Crippen LogP) is 6.32. The quantitative estimate of drug-likeness (QED) is 0.455. The van der Waals surface area contributed by atoms with Crippen LogP contribution in [0.4, 0.5) is 0 Å². The summed E-state index contributed by atoms with van der Waals surface area (Å²) in [5, 5.41) is 0. The standard InChI is InChI=1S/C23H24/c1-15-6-8-17-18-9-7-16(2)22-21(18)19(20(17)14-15)10-13-23(22)11-4-3-5-12-23/h6-10,14H,3-5,11-13H2,1-2H3. The van der Waals surface area contributed by atoms with Gasteiger partial charge in [-0.1, -0.05) is 61.2 Å². The van der Waals surface area contributed by atoms with Crippen molar-refractivity contribution in [3.8, 4) is 11.1 Å². The van der Waals surface area contributed by atoms with Crippen LogP contribution in [0.2, 0.25) is 0 Å². The van der Waals surface area contributed by atoms with E-state index in [1.807, 2.05) is 0 Å². The van der Waals surface area contributed by atoms with Gasteiger partial charge in [0.15, 0.2) is 0 Å². The topological polar surface area (TPSA) is 0 Å². The Bertz CT molecular complexity index is 845. The number of allylic oxidation sites excluding steroid dienone is 1. The zero-order valence-corrected chi connectivity index (χ0v) is 14.2. The summed E-state index contributed by atoms with van der Waals surface area (Å²) in [4.78, 5) is 0. The lowest BCUT2D eigenvalue weighted by Gasteiger charge is -2.42. The summed E-state index contributed by atoms with van der Waals surface area (Å²) in [6.45, 7) is 4.55. The highest BCUT2D eigenvalue weighted by atomic mass is 14.5. The van der Waals surface area contributed by atoms with Gasteiger partial charge in [-0.2, -0.15) is 0 Å². The van der Waals surface area contributed by atoms with Gasteiger partial charge in [0.1, 0.15) is 0 Å². The summed E-state index contributed by atoms with van der Waals surface area (Å²) in [6, 6.07) is 11.7. The SMILES string of the molecule is Cc1ccc2c(c1)C1=CCC3(CCCCC3)c3c(C)ccc-2c31. The summed E-state index contributed by atoms with van der Waals surface area (Å²) < 4.78 is 0. The molecule has 1 saturated carbocycles. The highest BCUT2D eigenvalue weighted by Crippen LogP contribution is 2.56. The number of hydrogen-bond donors (Lipinski definition) is 0. The van der Waals surface area contributed by atoms with E-state index in [0.29, 0.717) is 5.41 Å². The molecule has 0 heterocycles. The maximum Gasteiger partial charge on any atom is -0.000322 e. The van der Waals surface area contributed by atoms with Crippen molar-refractivity contribution in [2.45, 2.75) is 57.8 Å². The second-order valence-electron chi connectivity index (χ2n) is 7.89. The van der Waals surface area contributed by atoms with Gasteiger partial charge < -0.3 is 0 Å². The highest BCUT2D eigenvalue weighted by molar-refractivity contribution is 6.03. The Labute approximate surface area is 139 Å². The molecule has 0 atom stereocenters. The van der Waals surface area contributed by atoms with Crippen molar-refractivity contribution in [1.82, 2.24) is 0 Å². The molecule has 0 amide bonds. The Kier molecular flexibility index (Phi) is 2.72. The minimum Gasteiger partial charge on any atom is -0.0751 e. The van der Waals surface area contributed by atoms with E-state index in [9.17, 15) is 0 Å². The Hall–Kier alpha value is -1.82. The molecule has 0 N–H and O–H groups in total. The molecule has 1 fully saturated rings. The largest absolute Gasteiger partial charge is 0.0751 e. The highest BCUT2D eigenvalue weighted by Gasteiger charge is 2.42. The summed E-state index contributed by atoms with van der Waals surface area (Å²) in [5.74, 6) is 0. The molecule has 0 radical (unpaired) electrons. The molecule has 5 rings (SSSR count). The van der Waals surface area contributed by atoms with E-state index in [4.69, 9.17) is 0 Å². The van der Waals surface area contributed by atoms with Crippen molar-refractivity contribution in [2.75, 3.05) is 0 Å². The Balaban J connectivity index is 1.82. The van der Waals surface area contributed by atoms with Gasteiger partial charge in [0.25, 0.3) is 0 Å². The second kappa shape index (κ2) is 4.60. The molecular weight excluding hydrogens is 276 g/mol. The maximum absolute atomic E-state index is 2.57. The number of aryl methyl sites for hydroxylation is 2. The van der Waals surface area contributed by atoms with E-state index in [1.165, 1.54) is 71.9 Å². The maximum atomic E-state index is 2.57. The Morgan fingerprint density at radius 3 is 2.43 bits per heavy atom. The monoisotopic (exact) mass is 300 g/mol. The van der Waals surface area contributed by atoms with Crippen LogP contribution >= 0.6 is 0 Å². The third-order valence-corrected chi connectivity index (χ3v) is 6.48. The normalized spacial score (nSPS) is 20.2. The van der Waals surface area contributed by atoms with E-state index in [0.717, 1.165) is 0 Å². The molecule has 0 aromatic heterocycles. The molecule has 0 unspecified atom stereocenters. The first kappa shape index (κ1) is 13.6. The number of rotatable bonds is 0. The van der Waals surface area contributed by atoms with Gasteiger partial charge in [0.2, 0.25) is 0 Å². The first-order valence-corrected chi connectivity index (χ1v) is 9.16. The molecule has 2 aromatic carbocycles. The first-order valence-electron chi connectivity index (χ1n) is 9.16. The number of benzene rings is 2. The molecule has 1 spiro atoms. The number of hydrogen-bond acceptors (Lipinski definition) is 0. The van der Waals surface area contributed by atoms with E-state index in [-0.39, 0.29) is 0 Å². The molecule has 116 valence electrons. The fourth-order valence-electron chi connectivity index (χ4n) is 5.44. The van der Waals surface area contributed by atoms with E-state index in [1.54, 1.807) is 11.1 Å². The van der Waals surface area contributed by atoms with Gasteiger partial charge >= 0.3 is 0 Å². The molecular formula is C23H24. The summed E-state index contributed by atoms with van der Waals surface area (Å²) in [7, 11) is 0. The Morgan fingerprint density at radius 1 is 0.826 bits per heavy atom. The van der Waals surface area contributed by atoms with Crippen LogP contribution in [0.1, 0.15) is 66.3 Å². The van der Waals surface area contributed by atoms with E-state index >= 15 is 0 Å². The molecule has 0 bridgehead atoms. The van der Waals surface area contributed by atoms with Crippen molar-refractivity contribution >= 4 is 5.57 Å². The third kappa shape index (κ3) is 1.73. The van der Waals surface area contributed by atoms with Crippen LogP contribution in [-0.2, 0) is 5.41 Å². The molecule has 0 heteroatoms. The Morgan fingerprint density at radius 2 is 1.61 bits per heavy atom. The van der Waals surface area contributed by atoms with E-state index < -0.39 is 0 Å². The summed E-state index contributed by atoms with van der Waals surface area (Å²) in [6.07, 6.45) is 10.8. The minimum atomic E-state index is 0.425. The third-order valence-electron chi connectivity index (χ3n) is 6.48.